The van der Waals surface area contributed by atoms with Gasteiger partial charge in [0, 0.05) is 24.6 Å². The normalized spacial score (nSPS) is 11.6. The predicted octanol–water partition coefficient (Wildman–Crippen LogP) is 2.07. The zero-order valence-corrected chi connectivity index (χ0v) is 13.2. The van der Waals surface area contributed by atoms with E-state index in [-0.39, 0.29) is 11.4 Å². The van der Waals surface area contributed by atoms with Crippen LogP contribution >= 0.6 is 0 Å². The second kappa shape index (κ2) is 5.83. The van der Waals surface area contributed by atoms with Gasteiger partial charge in [0.05, 0.1) is 4.90 Å². The van der Waals surface area contributed by atoms with E-state index >= 15 is 0 Å². The van der Waals surface area contributed by atoms with E-state index in [9.17, 15) is 8.42 Å². The lowest BCUT2D eigenvalue weighted by Crippen LogP contribution is -2.24. The van der Waals surface area contributed by atoms with Crippen LogP contribution in [-0.4, -0.2) is 13.4 Å². The highest BCUT2D eigenvalue weighted by Gasteiger charge is 2.18. The smallest absolute Gasteiger partial charge is 0.241 e. The maximum Gasteiger partial charge on any atom is 0.241 e. The van der Waals surface area contributed by atoms with Gasteiger partial charge in [0.15, 0.2) is 0 Å². The molecule has 0 aliphatic heterocycles. The van der Waals surface area contributed by atoms with Crippen LogP contribution in [0.2, 0.25) is 0 Å². The van der Waals surface area contributed by atoms with Crippen molar-refractivity contribution in [2.45, 2.75) is 32.2 Å². The minimum Gasteiger partial charge on any atom is -0.399 e. The van der Waals surface area contributed by atoms with Gasteiger partial charge in [0.1, 0.15) is 0 Å². The van der Waals surface area contributed by atoms with Crippen LogP contribution in [0, 0.1) is 20.8 Å². The molecule has 0 radical (unpaired) electrons. The Bertz CT molecular complexity index is 770. The molecule has 0 saturated heterocycles. The van der Waals surface area contributed by atoms with Crippen LogP contribution in [0.1, 0.15) is 22.3 Å². The van der Waals surface area contributed by atoms with E-state index in [4.69, 9.17) is 5.73 Å². The molecule has 0 amide bonds. The van der Waals surface area contributed by atoms with E-state index in [1.165, 1.54) is 6.07 Å². The lowest BCUT2D eigenvalue weighted by atomic mass is 10.1. The summed E-state index contributed by atoms with van der Waals surface area (Å²) in [6.45, 7) is 5.75. The summed E-state index contributed by atoms with van der Waals surface area (Å²) in [5.41, 5.74) is 9.61. The Labute approximate surface area is 125 Å². The van der Waals surface area contributed by atoms with Crippen molar-refractivity contribution in [1.29, 1.82) is 0 Å². The fourth-order valence-electron chi connectivity index (χ4n) is 2.08. The summed E-state index contributed by atoms with van der Waals surface area (Å²) < 4.78 is 27.5. The highest BCUT2D eigenvalue weighted by Crippen LogP contribution is 2.22. The van der Waals surface area contributed by atoms with Gasteiger partial charge >= 0.3 is 0 Å². The minimum atomic E-state index is -3.60. The molecule has 0 bridgehead atoms. The number of nitrogens with two attached hydrogens (primary N) is 1. The number of rotatable bonds is 4. The summed E-state index contributed by atoms with van der Waals surface area (Å²) in [4.78, 5) is 4.22. The lowest BCUT2D eigenvalue weighted by molar-refractivity contribution is 0.580. The van der Waals surface area contributed by atoms with Crippen LogP contribution < -0.4 is 10.5 Å². The number of nitrogen functional groups attached to an aromatic ring is 1. The van der Waals surface area contributed by atoms with Gasteiger partial charge in [-0.3, -0.25) is 4.98 Å². The van der Waals surface area contributed by atoms with Crippen molar-refractivity contribution in [3.63, 3.8) is 0 Å². The molecule has 6 heteroatoms. The number of hydrogen-bond donors (Lipinski definition) is 2. The Balaban J connectivity index is 2.30. The van der Waals surface area contributed by atoms with E-state index < -0.39 is 10.0 Å². The number of aryl methyl sites for hydroxylation is 2. The highest BCUT2D eigenvalue weighted by molar-refractivity contribution is 7.89. The first-order valence-corrected chi connectivity index (χ1v) is 8.05. The van der Waals surface area contributed by atoms with Crippen molar-refractivity contribution in [2.75, 3.05) is 5.73 Å². The topological polar surface area (TPSA) is 85.1 Å². The Morgan fingerprint density at radius 2 is 1.90 bits per heavy atom. The Kier molecular flexibility index (Phi) is 4.29. The molecule has 1 aromatic carbocycles. The Hall–Kier alpha value is -1.92. The van der Waals surface area contributed by atoms with Crippen molar-refractivity contribution in [3.8, 4) is 0 Å². The SMILES string of the molecule is Cc1cnccc1CNS(=O)(=O)c1cc(N)cc(C)c1C. The molecule has 0 aliphatic carbocycles. The van der Waals surface area contributed by atoms with Crippen LogP contribution in [0.25, 0.3) is 0 Å². The zero-order chi connectivity index (χ0) is 15.6. The molecule has 1 aromatic heterocycles. The van der Waals surface area contributed by atoms with Gasteiger partial charge in [-0.05, 0) is 61.2 Å². The van der Waals surface area contributed by atoms with Gasteiger partial charge < -0.3 is 5.73 Å². The standard InChI is InChI=1S/C15H19N3O2S/c1-10-6-14(16)7-15(12(10)3)21(19,20)18-9-13-4-5-17-8-11(13)2/h4-8,18H,9,16H2,1-3H3. The van der Waals surface area contributed by atoms with Crippen LogP contribution in [-0.2, 0) is 16.6 Å². The fraction of sp³-hybridized carbons (Fsp3) is 0.267. The van der Waals surface area contributed by atoms with Crippen molar-refractivity contribution in [3.05, 3.63) is 52.8 Å². The zero-order valence-electron chi connectivity index (χ0n) is 12.3. The van der Waals surface area contributed by atoms with Crippen LogP contribution in [0.5, 0.6) is 0 Å². The minimum absolute atomic E-state index is 0.226. The van der Waals surface area contributed by atoms with Crippen molar-refractivity contribution >= 4 is 15.7 Å². The number of nitrogens with zero attached hydrogens (tertiary/aromatic N) is 1. The first-order chi connectivity index (χ1) is 9.81. The third kappa shape index (κ3) is 3.40. The van der Waals surface area contributed by atoms with E-state index in [0.29, 0.717) is 11.3 Å². The molecule has 2 aromatic rings. The molecule has 112 valence electrons. The third-order valence-corrected chi connectivity index (χ3v) is 5.05. The molecule has 3 N–H and O–H groups in total. The second-order valence-electron chi connectivity index (χ2n) is 5.09. The number of aromatic nitrogens is 1. The van der Waals surface area contributed by atoms with Crippen molar-refractivity contribution in [1.82, 2.24) is 9.71 Å². The van der Waals surface area contributed by atoms with Gasteiger partial charge in [-0.2, -0.15) is 0 Å². The van der Waals surface area contributed by atoms with E-state index in [0.717, 1.165) is 16.7 Å². The van der Waals surface area contributed by atoms with Crippen LogP contribution in [0.4, 0.5) is 5.69 Å². The monoisotopic (exact) mass is 305 g/mol. The molecule has 0 unspecified atom stereocenters. The summed E-state index contributed by atoms with van der Waals surface area (Å²) in [5, 5.41) is 0. The third-order valence-electron chi connectivity index (χ3n) is 3.52. The first kappa shape index (κ1) is 15.5. The fourth-order valence-corrected chi connectivity index (χ4v) is 3.44. The Morgan fingerprint density at radius 3 is 2.57 bits per heavy atom. The van der Waals surface area contributed by atoms with E-state index in [2.05, 4.69) is 9.71 Å². The van der Waals surface area contributed by atoms with Gasteiger partial charge in [-0.25, -0.2) is 13.1 Å². The molecule has 0 fully saturated rings. The van der Waals surface area contributed by atoms with E-state index in [1.807, 2.05) is 13.8 Å². The number of nitrogens with one attached hydrogen (secondary N) is 1. The van der Waals surface area contributed by atoms with E-state index in [1.54, 1.807) is 31.5 Å². The second-order valence-corrected chi connectivity index (χ2v) is 6.82. The predicted molar refractivity (Wildman–Crippen MR) is 83.3 cm³/mol. The molecule has 0 aliphatic rings. The van der Waals surface area contributed by atoms with Crippen LogP contribution in [0.15, 0.2) is 35.5 Å². The molecule has 21 heavy (non-hydrogen) atoms. The summed E-state index contributed by atoms with van der Waals surface area (Å²) >= 11 is 0. The largest absolute Gasteiger partial charge is 0.399 e. The number of benzene rings is 1. The van der Waals surface area contributed by atoms with Gasteiger partial charge in [0.25, 0.3) is 0 Å². The molecular formula is C15H19N3O2S. The average Bonchev–Trinajstić information content (AvgIpc) is 2.42. The molecule has 2 rings (SSSR count). The number of hydrogen-bond acceptors (Lipinski definition) is 4. The summed E-state index contributed by atoms with van der Waals surface area (Å²) in [6, 6.07) is 5.06. The van der Waals surface area contributed by atoms with Gasteiger partial charge in [-0.1, -0.05) is 0 Å². The maximum absolute atomic E-state index is 12.5. The summed E-state index contributed by atoms with van der Waals surface area (Å²) in [5.74, 6) is 0. The number of pyridine rings is 1. The molecule has 0 spiro atoms. The average molecular weight is 305 g/mol. The van der Waals surface area contributed by atoms with Crippen LogP contribution in [0.3, 0.4) is 0 Å². The highest BCUT2D eigenvalue weighted by atomic mass is 32.2. The molecule has 0 saturated carbocycles. The molecule has 0 atom stereocenters. The first-order valence-electron chi connectivity index (χ1n) is 6.57. The van der Waals surface area contributed by atoms with Gasteiger partial charge in [0.2, 0.25) is 10.0 Å². The molecular weight excluding hydrogens is 286 g/mol. The molecule has 1 heterocycles. The molecule has 5 nitrogen and oxygen atoms in total. The number of anilines is 1. The Morgan fingerprint density at radius 1 is 1.19 bits per heavy atom. The maximum atomic E-state index is 12.5. The van der Waals surface area contributed by atoms with Crippen molar-refractivity contribution < 1.29 is 8.42 Å². The van der Waals surface area contributed by atoms with Gasteiger partial charge in [-0.15, -0.1) is 0 Å². The van der Waals surface area contributed by atoms with Crippen molar-refractivity contribution in [2.24, 2.45) is 0 Å². The number of sulfonamides is 1. The summed E-state index contributed by atoms with van der Waals surface area (Å²) in [6.07, 6.45) is 3.35. The lowest BCUT2D eigenvalue weighted by Gasteiger charge is -2.13. The quantitative estimate of drug-likeness (QED) is 0.847. The summed E-state index contributed by atoms with van der Waals surface area (Å²) in [7, 11) is -3.60.